The van der Waals surface area contributed by atoms with Gasteiger partial charge >= 0.3 is 0 Å². The molecule has 0 aliphatic carbocycles. The molecule has 0 fully saturated rings. The maximum absolute atomic E-state index is 12.2. The van der Waals surface area contributed by atoms with Crippen molar-refractivity contribution >= 4 is 25.4 Å². The van der Waals surface area contributed by atoms with Gasteiger partial charge in [0.2, 0.25) is 0 Å². The zero-order valence-electron chi connectivity index (χ0n) is 15.8. The highest BCUT2D eigenvalue weighted by Gasteiger charge is 2.37. The normalized spacial score (nSPS) is 12.2. The first kappa shape index (κ1) is 19.7. The summed E-state index contributed by atoms with van der Waals surface area (Å²) in [6.45, 7) is 10.9. The number of nitrogens with zero attached hydrogens (tertiary/aromatic N) is 2. The van der Waals surface area contributed by atoms with Crippen LogP contribution in [0.3, 0.4) is 0 Å². The highest BCUT2D eigenvalue weighted by atomic mass is 32.1. The lowest BCUT2D eigenvalue weighted by Gasteiger charge is -2.35. The summed E-state index contributed by atoms with van der Waals surface area (Å²) in [7, 11) is -0.272. The molecule has 136 valence electrons. The molecule has 0 unspecified atom stereocenters. The Morgan fingerprint density at radius 3 is 2.36 bits per heavy atom. The van der Waals surface area contributed by atoms with Crippen molar-refractivity contribution in [3.63, 3.8) is 0 Å². The molecule has 5 nitrogen and oxygen atoms in total. The Morgan fingerprint density at radius 1 is 1.16 bits per heavy atom. The van der Waals surface area contributed by atoms with Crippen LogP contribution in [0.2, 0.25) is 18.1 Å². The molecule has 0 aliphatic rings. The molecule has 0 N–H and O–H groups in total. The molecule has 0 spiro atoms. The van der Waals surface area contributed by atoms with Crippen LogP contribution in [0, 0.1) is 0 Å². The fraction of sp³-hybridized carbons (Fsp3) is 0.500. The Balaban J connectivity index is 1.95. The molecule has 0 aliphatic heterocycles. The molecule has 0 atom stereocenters. The number of rotatable bonds is 7. The molecule has 0 radical (unpaired) electrons. The van der Waals surface area contributed by atoms with E-state index in [1.807, 2.05) is 24.3 Å². The molecular weight excluding hydrogens is 352 g/mol. The van der Waals surface area contributed by atoms with E-state index in [2.05, 4.69) is 44.1 Å². The first-order chi connectivity index (χ1) is 11.6. The molecule has 25 heavy (non-hydrogen) atoms. The van der Waals surface area contributed by atoms with Crippen LogP contribution in [0.15, 0.2) is 24.3 Å². The lowest BCUT2D eigenvalue weighted by molar-refractivity contribution is -0.120. The van der Waals surface area contributed by atoms with Gasteiger partial charge in [-0.1, -0.05) is 32.1 Å². The van der Waals surface area contributed by atoms with Gasteiger partial charge in [0.15, 0.2) is 14.1 Å². The van der Waals surface area contributed by atoms with Crippen LogP contribution >= 0.6 is 11.3 Å². The summed E-state index contributed by atoms with van der Waals surface area (Å²) in [5.41, 5.74) is 0.967. The van der Waals surface area contributed by atoms with Crippen LogP contribution in [0.1, 0.15) is 25.8 Å². The van der Waals surface area contributed by atoms with Gasteiger partial charge in [-0.05, 0) is 42.4 Å². The van der Waals surface area contributed by atoms with Crippen molar-refractivity contribution in [2.45, 2.75) is 45.3 Å². The van der Waals surface area contributed by atoms with E-state index in [1.165, 1.54) is 11.3 Å². The number of carbonyl (C=O) groups is 1. The highest BCUT2D eigenvalue weighted by molar-refractivity contribution is 7.14. The molecule has 0 saturated carbocycles. The number of Topliss-reactive ketones (excluding diaryl/α,β-unsaturated/α-hetero) is 1. The van der Waals surface area contributed by atoms with E-state index in [4.69, 9.17) is 9.16 Å². The van der Waals surface area contributed by atoms with E-state index in [-0.39, 0.29) is 23.8 Å². The van der Waals surface area contributed by atoms with Gasteiger partial charge < -0.3 is 9.16 Å². The number of carbonyl (C=O) groups excluding carboxylic acids is 1. The van der Waals surface area contributed by atoms with Gasteiger partial charge in [0.1, 0.15) is 15.8 Å². The average molecular weight is 379 g/mol. The molecule has 2 aromatic rings. The first-order valence-corrected chi connectivity index (χ1v) is 12.0. The summed E-state index contributed by atoms with van der Waals surface area (Å²) in [5.74, 6) is 0.841. The summed E-state index contributed by atoms with van der Waals surface area (Å²) in [6, 6.07) is 7.64. The zero-order valence-corrected chi connectivity index (χ0v) is 17.6. The number of hydrogen-bond donors (Lipinski definition) is 0. The van der Waals surface area contributed by atoms with Crippen LogP contribution in [0.4, 0.5) is 0 Å². The second-order valence-corrected chi connectivity index (χ2v) is 13.4. The van der Waals surface area contributed by atoms with Crippen molar-refractivity contribution in [2.75, 3.05) is 13.7 Å². The summed E-state index contributed by atoms with van der Waals surface area (Å²) in [6.07, 6.45) is 0.266. The zero-order chi connectivity index (χ0) is 18.7. The van der Waals surface area contributed by atoms with Crippen LogP contribution in [-0.4, -0.2) is 38.0 Å². The van der Waals surface area contributed by atoms with E-state index >= 15 is 0 Å². The third-order valence-corrected chi connectivity index (χ3v) is 10.0. The van der Waals surface area contributed by atoms with Crippen LogP contribution in [-0.2, 0) is 15.6 Å². The predicted molar refractivity (Wildman–Crippen MR) is 104 cm³/mol. The SMILES string of the molecule is COc1ccc(-c2nnc(CC(=O)CO[Si](C)(C)C(C)(C)C)s2)cc1. The molecule has 1 aromatic carbocycles. The van der Waals surface area contributed by atoms with Gasteiger partial charge in [-0.15, -0.1) is 10.2 Å². The topological polar surface area (TPSA) is 61.3 Å². The Hall–Kier alpha value is -1.57. The van der Waals surface area contributed by atoms with Crippen molar-refractivity contribution in [2.24, 2.45) is 0 Å². The Kier molecular flexibility index (Phi) is 6.13. The fourth-order valence-electron chi connectivity index (χ4n) is 1.87. The number of hydrogen-bond acceptors (Lipinski definition) is 6. The Bertz CT molecular complexity index is 721. The summed E-state index contributed by atoms with van der Waals surface area (Å²) >= 11 is 1.44. The van der Waals surface area contributed by atoms with Crippen LogP contribution in [0.5, 0.6) is 5.75 Å². The molecule has 2 rings (SSSR count). The van der Waals surface area contributed by atoms with Gasteiger partial charge in [-0.3, -0.25) is 4.79 Å². The number of benzene rings is 1. The van der Waals surface area contributed by atoms with Crippen LogP contribution in [0.25, 0.3) is 10.6 Å². The number of aromatic nitrogens is 2. The fourth-order valence-corrected chi connectivity index (χ4v) is 3.70. The minimum Gasteiger partial charge on any atom is -0.497 e. The van der Waals surface area contributed by atoms with E-state index in [0.29, 0.717) is 0 Å². The maximum Gasteiger partial charge on any atom is 0.192 e. The third kappa shape index (κ3) is 5.20. The Labute approximate surface area is 154 Å². The minimum atomic E-state index is -1.91. The predicted octanol–water partition coefficient (Wildman–Crippen LogP) is 4.35. The lowest BCUT2D eigenvalue weighted by atomic mass is 10.2. The molecule has 0 bridgehead atoms. The quantitative estimate of drug-likeness (QED) is 0.670. The Morgan fingerprint density at radius 2 is 1.80 bits per heavy atom. The maximum atomic E-state index is 12.2. The second-order valence-electron chi connectivity index (χ2n) is 7.49. The van der Waals surface area contributed by atoms with Gasteiger partial charge in [0.05, 0.1) is 20.1 Å². The minimum absolute atomic E-state index is 0.0438. The van der Waals surface area contributed by atoms with Crippen molar-refractivity contribution in [3.05, 3.63) is 29.3 Å². The van der Waals surface area contributed by atoms with Gasteiger partial charge in [-0.25, -0.2) is 0 Å². The number of methoxy groups -OCH3 is 1. The molecule has 1 heterocycles. The van der Waals surface area contributed by atoms with Gasteiger partial charge in [0, 0.05) is 5.56 Å². The van der Waals surface area contributed by atoms with E-state index in [0.717, 1.165) is 21.3 Å². The van der Waals surface area contributed by atoms with Crippen molar-refractivity contribution in [3.8, 4) is 16.3 Å². The molecule has 1 aromatic heterocycles. The van der Waals surface area contributed by atoms with E-state index in [9.17, 15) is 4.79 Å². The monoisotopic (exact) mass is 378 g/mol. The highest BCUT2D eigenvalue weighted by Crippen LogP contribution is 2.36. The average Bonchev–Trinajstić information content (AvgIpc) is 3.00. The van der Waals surface area contributed by atoms with Crippen molar-refractivity contribution < 1.29 is 14.0 Å². The number of ketones is 1. The molecule has 0 saturated heterocycles. The van der Waals surface area contributed by atoms with Crippen LogP contribution < -0.4 is 4.74 Å². The smallest absolute Gasteiger partial charge is 0.192 e. The van der Waals surface area contributed by atoms with Gasteiger partial charge in [0.25, 0.3) is 0 Å². The van der Waals surface area contributed by atoms with Crippen molar-refractivity contribution in [1.82, 2.24) is 10.2 Å². The third-order valence-electron chi connectivity index (χ3n) is 4.55. The standard InChI is InChI=1S/C18H26N2O3SSi/c1-18(2,3)25(5,6)23-12-14(21)11-16-19-20-17(24-16)13-7-9-15(22-4)10-8-13/h7-10H,11-12H2,1-6H3. The second kappa shape index (κ2) is 7.76. The molecule has 7 heteroatoms. The van der Waals surface area contributed by atoms with Crippen molar-refractivity contribution in [1.29, 1.82) is 0 Å². The first-order valence-electron chi connectivity index (χ1n) is 8.25. The molecule has 0 amide bonds. The molecular formula is C18H26N2O3SSi. The summed E-state index contributed by atoms with van der Waals surface area (Å²) in [4.78, 5) is 12.2. The summed E-state index contributed by atoms with van der Waals surface area (Å²) in [5, 5.41) is 9.94. The largest absolute Gasteiger partial charge is 0.497 e. The van der Waals surface area contributed by atoms with E-state index in [1.54, 1.807) is 7.11 Å². The number of ether oxygens (including phenoxy) is 1. The van der Waals surface area contributed by atoms with Gasteiger partial charge in [-0.2, -0.15) is 0 Å². The van der Waals surface area contributed by atoms with E-state index < -0.39 is 8.32 Å². The summed E-state index contributed by atoms with van der Waals surface area (Å²) < 4.78 is 11.1. The lowest BCUT2D eigenvalue weighted by Crippen LogP contribution is -2.42.